The van der Waals surface area contributed by atoms with E-state index in [0.29, 0.717) is 0 Å². The highest BCUT2D eigenvalue weighted by atomic mass is 79.9. The van der Waals surface area contributed by atoms with Crippen LogP contribution in [0.15, 0.2) is 35.1 Å². The van der Waals surface area contributed by atoms with Gasteiger partial charge in [-0.1, -0.05) is 6.07 Å². The molecule has 4 nitrogen and oxygen atoms in total. The van der Waals surface area contributed by atoms with Gasteiger partial charge in [-0.15, -0.1) is 0 Å². The third-order valence-corrected chi connectivity index (χ3v) is 3.85. The van der Waals surface area contributed by atoms with Crippen LogP contribution in [0.4, 0.5) is 0 Å². The van der Waals surface area contributed by atoms with Gasteiger partial charge in [0.25, 0.3) is 0 Å². The molecule has 102 valence electrons. The highest BCUT2D eigenvalue weighted by Gasteiger charge is 2.14. The van der Waals surface area contributed by atoms with Crippen molar-refractivity contribution in [1.29, 1.82) is 0 Å². The summed E-state index contributed by atoms with van der Waals surface area (Å²) in [5, 5.41) is 3.33. The standard InChI is InChI=1S/C14H18BrN3O/c1-16-12(9-14-17-6-7-18(14)2)10-4-5-13(19-3)11(15)8-10/h4-8,12,16H,9H2,1-3H3. The number of hydrogen-bond donors (Lipinski definition) is 1. The largest absolute Gasteiger partial charge is 0.496 e. The van der Waals surface area contributed by atoms with Crippen LogP contribution in [-0.4, -0.2) is 23.7 Å². The maximum absolute atomic E-state index is 5.25. The van der Waals surface area contributed by atoms with Crippen LogP contribution in [0.5, 0.6) is 5.75 Å². The van der Waals surface area contributed by atoms with Crippen molar-refractivity contribution in [3.8, 4) is 5.75 Å². The van der Waals surface area contributed by atoms with Crippen LogP contribution >= 0.6 is 15.9 Å². The molecule has 1 heterocycles. The van der Waals surface area contributed by atoms with Crippen LogP contribution < -0.4 is 10.1 Å². The van der Waals surface area contributed by atoms with Crippen molar-refractivity contribution < 1.29 is 4.74 Å². The average molecular weight is 324 g/mol. The number of aromatic nitrogens is 2. The third-order valence-electron chi connectivity index (χ3n) is 3.23. The van der Waals surface area contributed by atoms with Gasteiger partial charge in [0.1, 0.15) is 11.6 Å². The molecule has 1 aromatic carbocycles. The van der Waals surface area contributed by atoms with Gasteiger partial charge in [0.2, 0.25) is 0 Å². The van der Waals surface area contributed by atoms with Gasteiger partial charge in [-0.25, -0.2) is 4.98 Å². The molecule has 0 aliphatic heterocycles. The van der Waals surface area contributed by atoms with E-state index in [4.69, 9.17) is 4.74 Å². The molecule has 0 aliphatic rings. The first-order chi connectivity index (χ1) is 9.15. The Morgan fingerprint density at radius 3 is 2.79 bits per heavy atom. The Kier molecular flexibility index (Phi) is 4.61. The van der Waals surface area contributed by atoms with Crippen molar-refractivity contribution in [2.24, 2.45) is 7.05 Å². The molecular formula is C14H18BrN3O. The first kappa shape index (κ1) is 14.1. The summed E-state index contributed by atoms with van der Waals surface area (Å²) in [7, 11) is 5.65. The second-order valence-electron chi connectivity index (χ2n) is 4.39. The Morgan fingerprint density at radius 2 is 2.26 bits per heavy atom. The van der Waals surface area contributed by atoms with Crippen molar-refractivity contribution in [3.05, 3.63) is 46.5 Å². The van der Waals surface area contributed by atoms with Crippen molar-refractivity contribution in [1.82, 2.24) is 14.9 Å². The van der Waals surface area contributed by atoms with Gasteiger partial charge in [0.15, 0.2) is 0 Å². The number of imidazole rings is 1. The lowest BCUT2D eigenvalue weighted by Gasteiger charge is -2.17. The maximum Gasteiger partial charge on any atom is 0.133 e. The summed E-state index contributed by atoms with van der Waals surface area (Å²) in [6.07, 6.45) is 4.64. The summed E-state index contributed by atoms with van der Waals surface area (Å²) < 4.78 is 8.26. The summed E-state index contributed by atoms with van der Waals surface area (Å²) in [5.41, 5.74) is 1.21. The van der Waals surface area contributed by atoms with Crippen molar-refractivity contribution in [2.45, 2.75) is 12.5 Å². The zero-order valence-electron chi connectivity index (χ0n) is 11.4. The molecule has 0 radical (unpaired) electrons. The molecule has 0 bridgehead atoms. The van der Waals surface area contributed by atoms with Crippen LogP contribution in [0.25, 0.3) is 0 Å². The summed E-state index contributed by atoms with van der Waals surface area (Å²) in [4.78, 5) is 4.37. The van der Waals surface area contributed by atoms with E-state index in [-0.39, 0.29) is 6.04 Å². The Balaban J connectivity index is 2.22. The summed E-state index contributed by atoms with van der Waals surface area (Å²) in [6, 6.07) is 6.36. The molecular weight excluding hydrogens is 306 g/mol. The van der Waals surface area contributed by atoms with E-state index >= 15 is 0 Å². The van der Waals surface area contributed by atoms with E-state index in [1.54, 1.807) is 7.11 Å². The van der Waals surface area contributed by atoms with Gasteiger partial charge in [-0.2, -0.15) is 0 Å². The fourth-order valence-corrected chi connectivity index (χ4v) is 2.62. The number of halogens is 1. The molecule has 1 unspecified atom stereocenters. The van der Waals surface area contributed by atoms with E-state index in [2.05, 4.69) is 38.4 Å². The minimum absolute atomic E-state index is 0.225. The van der Waals surface area contributed by atoms with Crippen LogP contribution in [0.1, 0.15) is 17.4 Å². The van der Waals surface area contributed by atoms with E-state index in [1.165, 1.54) is 5.56 Å². The normalized spacial score (nSPS) is 12.4. The Bertz CT molecular complexity index is 553. The molecule has 1 N–H and O–H groups in total. The van der Waals surface area contributed by atoms with E-state index in [9.17, 15) is 0 Å². The maximum atomic E-state index is 5.25. The highest BCUT2D eigenvalue weighted by molar-refractivity contribution is 9.10. The number of benzene rings is 1. The number of aryl methyl sites for hydroxylation is 1. The smallest absolute Gasteiger partial charge is 0.133 e. The second kappa shape index (κ2) is 6.21. The molecule has 1 atom stereocenters. The Hall–Kier alpha value is -1.33. The Morgan fingerprint density at radius 1 is 1.47 bits per heavy atom. The number of ether oxygens (including phenoxy) is 1. The molecule has 0 amide bonds. The fourth-order valence-electron chi connectivity index (χ4n) is 2.06. The predicted molar refractivity (Wildman–Crippen MR) is 79.4 cm³/mol. The molecule has 1 aromatic heterocycles. The molecule has 0 fully saturated rings. The monoisotopic (exact) mass is 323 g/mol. The number of rotatable bonds is 5. The Labute approximate surface area is 121 Å². The van der Waals surface area contributed by atoms with Crippen LogP contribution in [0.3, 0.4) is 0 Å². The fraction of sp³-hybridized carbons (Fsp3) is 0.357. The molecule has 5 heteroatoms. The lowest BCUT2D eigenvalue weighted by atomic mass is 10.0. The van der Waals surface area contributed by atoms with Gasteiger partial charge < -0.3 is 14.6 Å². The lowest BCUT2D eigenvalue weighted by molar-refractivity contribution is 0.411. The number of likely N-dealkylation sites (N-methyl/N-ethyl adjacent to an activating group) is 1. The van der Waals surface area contributed by atoms with E-state index < -0.39 is 0 Å². The summed E-state index contributed by atoms with van der Waals surface area (Å²) in [5.74, 6) is 1.90. The highest BCUT2D eigenvalue weighted by Crippen LogP contribution is 2.28. The average Bonchev–Trinajstić information content (AvgIpc) is 2.81. The number of nitrogens with one attached hydrogen (secondary N) is 1. The predicted octanol–water partition coefficient (Wildman–Crippen LogP) is 2.69. The molecule has 2 aromatic rings. The van der Waals surface area contributed by atoms with Crippen LogP contribution in [-0.2, 0) is 13.5 Å². The third kappa shape index (κ3) is 3.16. The van der Waals surface area contributed by atoms with Crippen molar-refractivity contribution >= 4 is 15.9 Å². The van der Waals surface area contributed by atoms with Gasteiger partial charge in [0.05, 0.1) is 11.6 Å². The van der Waals surface area contributed by atoms with Crippen molar-refractivity contribution in [3.63, 3.8) is 0 Å². The zero-order valence-corrected chi connectivity index (χ0v) is 12.9. The van der Waals surface area contributed by atoms with Crippen LogP contribution in [0, 0.1) is 0 Å². The molecule has 19 heavy (non-hydrogen) atoms. The minimum Gasteiger partial charge on any atom is -0.496 e. The zero-order chi connectivity index (χ0) is 13.8. The minimum atomic E-state index is 0.225. The molecule has 0 spiro atoms. The van der Waals surface area contributed by atoms with Gasteiger partial charge in [-0.3, -0.25) is 0 Å². The first-order valence-corrected chi connectivity index (χ1v) is 6.92. The molecule has 0 saturated carbocycles. The topological polar surface area (TPSA) is 39.1 Å². The summed E-state index contributed by atoms with van der Waals surface area (Å²) >= 11 is 3.52. The number of hydrogen-bond acceptors (Lipinski definition) is 3. The van der Waals surface area contributed by atoms with Crippen molar-refractivity contribution in [2.75, 3.05) is 14.2 Å². The van der Waals surface area contributed by atoms with E-state index in [0.717, 1.165) is 22.5 Å². The second-order valence-corrected chi connectivity index (χ2v) is 5.25. The summed E-state index contributed by atoms with van der Waals surface area (Å²) in [6.45, 7) is 0. The van der Waals surface area contributed by atoms with Crippen LogP contribution in [0.2, 0.25) is 0 Å². The first-order valence-electron chi connectivity index (χ1n) is 6.12. The van der Waals surface area contributed by atoms with Gasteiger partial charge in [0, 0.05) is 31.9 Å². The van der Waals surface area contributed by atoms with Gasteiger partial charge in [-0.05, 0) is 40.7 Å². The molecule has 2 rings (SSSR count). The molecule has 0 aliphatic carbocycles. The van der Waals surface area contributed by atoms with E-state index in [1.807, 2.05) is 37.1 Å². The SMILES string of the molecule is CNC(Cc1nccn1C)c1ccc(OC)c(Br)c1. The lowest BCUT2D eigenvalue weighted by Crippen LogP contribution is -2.20. The van der Waals surface area contributed by atoms with Gasteiger partial charge >= 0.3 is 0 Å². The molecule has 0 saturated heterocycles. The quantitative estimate of drug-likeness (QED) is 0.919. The number of methoxy groups -OCH3 is 1. The number of nitrogens with zero attached hydrogens (tertiary/aromatic N) is 2.